The molecule has 0 radical (unpaired) electrons. The van der Waals surface area contributed by atoms with Gasteiger partial charge in [0.15, 0.2) is 0 Å². The van der Waals surface area contributed by atoms with Gasteiger partial charge in [0.05, 0.1) is 14.2 Å². The van der Waals surface area contributed by atoms with Gasteiger partial charge in [0.25, 0.3) is 0 Å². The van der Waals surface area contributed by atoms with Crippen LogP contribution < -0.4 is 20.1 Å². The van der Waals surface area contributed by atoms with Crippen molar-refractivity contribution in [3.05, 3.63) is 23.8 Å². The zero-order valence-electron chi connectivity index (χ0n) is 13.2. The number of ether oxygens (including phenoxy) is 2. The molecular formula is C16H28N2O2. The van der Waals surface area contributed by atoms with Crippen molar-refractivity contribution < 1.29 is 9.47 Å². The highest BCUT2D eigenvalue weighted by Gasteiger charge is 2.01. The average Bonchev–Trinajstić information content (AvgIpc) is 2.45. The minimum Gasteiger partial charge on any atom is -0.497 e. The molecule has 0 unspecified atom stereocenters. The lowest BCUT2D eigenvalue weighted by Crippen LogP contribution is -2.24. The molecule has 0 amide bonds. The molecule has 0 saturated carbocycles. The molecule has 0 bridgehead atoms. The molecule has 0 spiro atoms. The highest BCUT2D eigenvalue weighted by Crippen LogP contribution is 2.22. The third-order valence-corrected chi connectivity index (χ3v) is 3.00. The zero-order valence-corrected chi connectivity index (χ0v) is 13.2. The Hall–Kier alpha value is -1.26. The maximum Gasteiger partial charge on any atom is 0.122 e. The highest BCUT2D eigenvalue weighted by molar-refractivity contribution is 5.38. The molecule has 1 aromatic carbocycles. The van der Waals surface area contributed by atoms with Crippen molar-refractivity contribution in [2.75, 3.05) is 33.9 Å². The van der Waals surface area contributed by atoms with E-state index in [4.69, 9.17) is 9.47 Å². The Labute approximate surface area is 122 Å². The smallest absolute Gasteiger partial charge is 0.122 e. The van der Waals surface area contributed by atoms with Crippen LogP contribution in [0, 0.1) is 5.92 Å². The summed E-state index contributed by atoms with van der Waals surface area (Å²) >= 11 is 0. The number of rotatable bonds is 10. The fourth-order valence-electron chi connectivity index (χ4n) is 1.93. The summed E-state index contributed by atoms with van der Waals surface area (Å²) in [5.74, 6) is 2.38. The van der Waals surface area contributed by atoms with E-state index in [1.165, 1.54) is 5.56 Å². The van der Waals surface area contributed by atoms with E-state index < -0.39 is 0 Å². The van der Waals surface area contributed by atoms with Crippen molar-refractivity contribution in [1.29, 1.82) is 0 Å². The van der Waals surface area contributed by atoms with E-state index in [9.17, 15) is 0 Å². The summed E-state index contributed by atoms with van der Waals surface area (Å²) in [6.45, 7) is 8.44. The van der Waals surface area contributed by atoms with Crippen LogP contribution in [0.5, 0.6) is 11.5 Å². The Morgan fingerprint density at radius 1 is 0.950 bits per heavy atom. The molecule has 4 nitrogen and oxygen atoms in total. The Balaban J connectivity index is 2.24. The van der Waals surface area contributed by atoms with E-state index in [2.05, 4.69) is 24.5 Å². The van der Waals surface area contributed by atoms with Crippen LogP contribution in [0.2, 0.25) is 0 Å². The molecule has 20 heavy (non-hydrogen) atoms. The first-order chi connectivity index (χ1) is 9.65. The van der Waals surface area contributed by atoms with Crippen molar-refractivity contribution in [3.63, 3.8) is 0 Å². The minimum absolute atomic E-state index is 0.715. The molecule has 1 aromatic rings. The van der Waals surface area contributed by atoms with E-state index in [1.54, 1.807) is 14.2 Å². The Morgan fingerprint density at radius 2 is 1.55 bits per heavy atom. The summed E-state index contributed by atoms with van der Waals surface area (Å²) in [5, 5.41) is 6.88. The van der Waals surface area contributed by atoms with Crippen molar-refractivity contribution in [3.8, 4) is 11.5 Å². The molecule has 0 aliphatic rings. The fourth-order valence-corrected chi connectivity index (χ4v) is 1.93. The summed E-state index contributed by atoms with van der Waals surface area (Å²) in [5.41, 5.74) is 1.18. The second kappa shape index (κ2) is 9.61. The first-order valence-electron chi connectivity index (χ1n) is 7.29. The van der Waals surface area contributed by atoms with Crippen molar-refractivity contribution in [2.24, 2.45) is 5.92 Å². The SMILES string of the molecule is COc1cc(CNCCCNCC(C)C)cc(OC)c1. The van der Waals surface area contributed by atoms with Gasteiger partial charge < -0.3 is 20.1 Å². The molecular weight excluding hydrogens is 252 g/mol. The molecule has 0 atom stereocenters. The van der Waals surface area contributed by atoms with Crippen LogP contribution in [-0.2, 0) is 6.54 Å². The maximum absolute atomic E-state index is 5.26. The Kier molecular flexibility index (Phi) is 8.07. The number of hydrogen-bond acceptors (Lipinski definition) is 4. The lowest BCUT2D eigenvalue weighted by atomic mass is 10.2. The molecule has 4 heteroatoms. The van der Waals surface area contributed by atoms with Crippen LogP contribution >= 0.6 is 0 Å². The van der Waals surface area contributed by atoms with Gasteiger partial charge in [-0.3, -0.25) is 0 Å². The first-order valence-corrected chi connectivity index (χ1v) is 7.29. The van der Waals surface area contributed by atoms with Crippen LogP contribution in [0.25, 0.3) is 0 Å². The summed E-state index contributed by atoms with van der Waals surface area (Å²) in [6.07, 6.45) is 1.13. The molecule has 114 valence electrons. The lowest BCUT2D eigenvalue weighted by molar-refractivity contribution is 0.393. The molecule has 1 rings (SSSR count). The fraction of sp³-hybridized carbons (Fsp3) is 0.625. The third kappa shape index (κ3) is 6.78. The number of benzene rings is 1. The number of hydrogen-bond donors (Lipinski definition) is 2. The standard InChI is InChI=1S/C16H28N2O2/c1-13(2)11-17-6-5-7-18-12-14-8-15(19-3)10-16(9-14)20-4/h8-10,13,17-18H,5-7,11-12H2,1-4H3. The Bertz CT molecular complexity index is 358. The van der Waals surface area contributed by atoms with Gasteiger partial charge in [0.1, 0.15) is 11.5 Å². The average molecular weight is 280 g/mol. The topological polar surface area (TPSA) is 42.5 Å². The van der Waals surface area contributed by atoms with Crippen molar-refractivity contribution >= 4 is 0 Å². The summed E-state index contributed by atoms with van der Waals surface area (Å²) in [4.78, 5) is 0. The molecule has 2 N–H and O–H groups in total. The predicted molar refractivity (Wildman–Crippen MR) is 83.6 cm³/mol. The van der Waals surface area contributed by atoms with Gasteiger partial charge in [-0.2, -0.15) is 0 Å². The van der Waals surface area contributed by atoms with E-state index >= 15 is 0 Å². The molecule has 0 heterocycles. The van der Waals surface area contributed by atoms with E-state index in [-0.39, 0.29) is 0 Å². The van der Waals surface area contributed by atoms with Crippen LogP contribution in [0.15, 0.2) is 18.2 Å². The zero-order chi connectivity index (χ0) is 14.8. The monoisotopic (exact) mass is 280 g/mol. The van der Waals surface area contributed by atoms with Crippen molar-refractivity contribution in [1.82, 2.24) is 10.6 Å². The Morgan fingerprint density at radius 3 is 2.10 bits per heavy atom. The highest BCUT2D eigenvalue weighted by atomic mass is 16.5. The van der Waals surface area contributed by atoms with Crippen LogP contribution in [0.1, 0.15) is 25.8 Å². The van der Waals surface area contributed by atoms with E-state index in [0.717, 1.165) is 44.1 Å². The largest absolute Gasteiger partial charge is 0.497 e. The summed E-state index contributed by atoms with van der Waals surface area (Å²) in [6, 6.07) is 5.96. The van der Waals surface area contributed by atoms with Gasteiger partial charge in [-0.25, -0.2) is 0 Å². The normalized spacial score (nSPS) is 10.8. The number of methoxy groups -OCH3 is 2. The third-order valence-electron chi connectivity index (χ3n) is 3.00. The van der Waals surface area contributed by atoms with Crippen molar-refractivity contribution in [2.45, 2.75) is 26.8 Å². The maximum atomic E-state index is 5.26. The van der Waals surface area contributed by atoms with Crippen LogP contribution in [-0.4, -0.2) is 33.9 Å². The van der Waals surface area contributed by atoms with Gasteiger partial charge in [-0.05, 0) is 49.7 Å². The molecule has 0 aromatic heterocycles. The second-order valence-electron chi connectivity index (χ2n) is 5.35. The van der Waals surface area contributed by atoms with E-state index in [1.807, 2.05) is 18.2 Å². The van der Waals surface area contributed by atoms with E-state index in [0.29, 0.717) is 5.92 Å². The predicted octanol–water partition coefficient (Wildman–Crippen LogP) is 2.43. The quantitative estimate of drug-likeness (QED) is 0.646. The molecule has 0 fully saturated rings. The summed E-state index contributed by atoms with van der Waals surface area (Å²) in [7, 11) is 3.35. The van der Waals surface area contributed by atoms with Crippen LogP contribution in [0.3, 0.4) is 0 Å². The van der Waals surface area contributed by atoms with Gasteiger partial charge in [0, 0.05) is 12.6 Å². The number of nitrogens with one attached hydrogen (secondary N) is 2. The van der Waals surface area contributed by atoms with Gasteiger partial charge in [-0.1, -0.05) is 13.8 Å². The van der Waals surface area contributed by atoms with Gasteiger partial charge in [0.2, 0.25) is 0 Å². The molecule has 0 saturated heterocycles. The molecule has 0 aliphatic carbocycles. The van der Waals surface area contributed by atoms with Gasteiger partial charge in [-0.15, -0.1) is 0 Å². The van der Waals surface area contributed by atoms with Gasteiger partial charge >= 0.3 is 0 Å². The lowest BCUT2D eigenvalue weighted by Gasteiger charge is -2.10. The first kappa shape index (κ1) is 16.8. The van der Waals surface area contributed by atoms with Crippen LogP contribution in [0.4, 0.5) is 0 Å². The molecule has 0 aliphatic heterocycles. The summed E-state index contributed by atoms with van der Waals surface area (Å²) < 4.78 is 10.5. The second-order valence-corrected chi connectivity index (χ2v) is 5.35. The minimum atomic E-state index is 0.715.